The molecule has 1 atom stereocenters. The third-order valence-corrected chi connectivity index (χ3v) is 4.81. The lowest BCUT2D eigenvalue weighted by Crippen LogP contribution is -2.30. The van der Waals surface area contributed by atoms with Crippen LogP contribution < -0.4 is 10.6 Å². The molecule has 5 heteroatoms. The third kappa shape index (κ3) is 4.58. The molecule has 4 rings (SSSR count). The van der Waals surface area contributed by atoms with Gasteiger partial charge in [0.15, 0.2) is 0 Å². The highest BCUT2D eigenvalue weighted by atomic mass is 16.3. The lowest BCUT2D eigenvalue weighted by Gasteiger charge is -2.17. The number of hydrogen-bond acceptors (Lipinski definition) is 3. The fraction of sp³-hybridized carbons (Fsp3) is 0.120. The van der Waals surface area contributed by atoms with Gasteiger partial charge >= 0.3 is 0 Å². The monoisotopic (exact) mass is 398 g/mol. The molecule has 0 saturated carbocycles. The van der Waals surface area contributed by atoms with Gasteiger partial charge in [0.1, 0.15) is 17.4 Å². The Morgan fingerprint density at radius 2 is 1.60 bits per heavy atom. The normalized spacial score (nSPS) is 11.8. The van der Waals surface area contributed by atoms with Gasteiger partial charge in [-0.05, 0) is 35.4 Å². The summed E-state index contributed by atoms with van der Waals surface area (Å²) >= 11 is 0. The van der Waals surface area contributed by atoms with Crippen molar-refractivity contribution < 1.29 is 14.0 Å². The first-order valence-electron chi connectivity index (χ1n) is 9.78. The SMILES string of the molecule is CC(=O)Nc1ccc(CC(=O)NC(c2ccccc2)c2cc3ccccc3o2)cc1. The molecule has 1 unspecified atom stereocenters. The van der Waals surface area contributed by atoms with Gasteiger partial charge in [-0.25, -0.2) is 0 Å². The highest BCUT2D eigenvalue weighted by Gasteiger charge is 2.21. The predicted molar refractivity (Wildman–Crippen MR) is 117 cm³/mol. The molecule has 0 fully saturated rings. The van der Waals surface area contributed by atoms with Crippen LogP contribution >= 0.6 is 0 Å². The number of hydrogen-bond donors (Lipinski definition) is 2. The summed E-state index contributed by atoms with van der Waals surface area (Å²) in [6, 6.07) is 26.4. The van der Waals surface area contributed by atoms with E-state index >= 15 is 0 Å². The Bertz CT molecular complexity index is 1130. The maximum Gasteiger partial charge on any atom is 0.225 e. The molecule has 5 nitrogen and oxygen atoms in total. The van der Waals surface area contributed by atoms with Crippen LogP contribution in [0.2, 0.25) is 0 Å². The number of fused-ring (bicyclic) bond motifs is 1. The number of carbonyl (C=O) groups is 2. The van der Waals surface area contributed by atoms with Gasteiger partial charge in [-0.3, -0.25) is 9.59 Å². The number of para-hydroxylation sites is 1. The number of nitrogens with one attached hydrogen (secondary N) is 2. The van der Waals surface area contributed by atoms with E-state index in [2.05, 4.69) is 10.6 Å². The van der Waals surface area contributed by atoms with Gasteiger partial charge < -0.3 is 15.1 Å². The standard InChI is InChI=1S/C25H22N2O3/c1-17(28)26-21-13-11-18(12-14-21)15-24(29)27-25(19-7-3-2-4-8-19)23-16-20-9-5-6-10-22(20)30-23/h2-14,16,25H,15H2,1H3,(H,26,28)(H,27,29). The lowest BCUT2D eigenvalue weighted by molar-refractivity contribution is -0.121. The van der Waals surface area contributed by atoms with E-state index in [1.807, 2.05) is 72.8 Å². The molecule has 0 spiro atoms. The summed E-state index contributed by atoms with van der Waals surface area (Å²) < 4.78 is 6.03. The van der Waals surface area contributed by atoms with E-state index in [9.17, 15) is 9.59 Å². The van der Waals surface area contributed by atoms with Crippen LogP contribution in [0.4, 0.5) is 5.69 Å². The quantitative estimate of drug-likeness (QED) is 0.488. The zero-order valence-corrected chi connectivity index (χ0v) is 16.6. The molecule has 0 radical (unpaired) electrons. The molecule has 0 aliphatic heterocycles. The molecule has 30 heavy (non-hydrogen) atoms. The molecule has 0 aliphatic rings. The van der Waals surface area contributed by atoms with Crippen molar-refractivity contribution in [2.75, 3.05) is 5.32 Å². The number of carbonyl (C=O) groups excluding carboxylic acids is 2. The molecular formula is C25H22N2O3. The molecular weight excluding hydrogens is 376 g/mol. The second-order valence-corrected chi connectivity index (χ2v) is 7.15. The Balaban J connectivity index is 1.54. The summed E-state index contributed by atoms with van der Waals surface area (Å²) in [5.74, 6) is 0.449. The molecule has 150 valence electrons. The summed E-state index contributed by atoms with van der Waals surface area (Å²) in [5, 5.41) is 6.82. The van der Waals surface area contributed by atoms with Gasteiger partial charge in [0, 0.05) is 18.0 Å². The average molecular weight is 398 g/mol. The van der Waals surface area contributed by atoms with Crippen molar-refractivity contribution >= 4 is 28.5 Å². The van der Waals surface area contributed by atoms with Crippen LogP contribution in [0, 0.1) is 0 Å². The van der Waals surface area contributed by atoms with Gasteiger partial charge in [-0.15, -0.1) is 0 Å². The Kier molecular flexibility index (Phi) is 5.61. The molecule has 1 aromatic heterocycles. The lowest BCUT2D eigenvalue weighted by atomic mass is 10.0. The van der Waals surface area contributed by atoms with Gasteiger partial charge in [-0.2, -0.15) is 0 Å². The van der Waals surface area contributed by atoms with Crippen LogP contribution in [-0.4, -0.2) is 11.8 Å². The van der Waals surface area contributed by atoms with Crippen molar-refractivity contribution in [2.24, 2.45) is 0 Å². The Morgan fingerprint density at radius 3 is 2.30 bits per heavy atom. The summed E-state index contributed by atoms with van der Waals surface area (Å²) in [4.78, 5) is 24.0. The molecule has 0 bridgehead atoms. The molecule has 2 N–H and O–H groups in total. The average Bonchev–Trinajstić information content (AvgIpc) is 3.17. The highest BCUT2D eigenvalue weighted by Crippen LogP contribution is 2.28. The number of furan rings is 1. The molecule has 3 aromatic carbocycles. The minimum Gasteiger partial charge on any atom is -0.459 e. The van der Waals surface area contributed by atoms with Crippen LogP contribution in [-0.2, 0) is 16.0 Å². The van der Waals surface area contributed by atoms with E-state index in [1.165, 1.54) is 6.92 Å². The van der Waals surface area contributed by atoms with Gasteiger partial charge in [0.05, 0.1) is 6.42 Å². The largest absolute Gasteiger partial charge is 0.459 e. The first-order valence-corrected chi connectivity index (χ1v) is 9.78. The zero-order chi connectivity index (χ0) is 20.9. The maximum absolute atomic E-state index is 12.8. The van der Waals surface area contributed by atoms with Crippen molar-refractivity contribution in [3.05, 3.63) is 102 Å². The first-order chi connectivity index (χ1) is 14.6. The van der Waals surface area contributed by atoms with Gasteiger partial charge in [0.2, 0.25) is 11.8 Å². The predicted octanol–water partition coefficient (Wildman–Crippen LogP) is 4.84. The fourth-order valence-corrected chi connectivity index (χ4v) is 3.42. The van der Waals surface area contributed by atoms with Crippen molar-refractivity contribution in [2.45, 2.75) is 19.4 Å². The van der Waals surface area contributed by atoms with Crippen LogP contribution in [0.1, 0.15) is 29.9 Å². The van der Waals surface area contributed by atoms with Gasteiger partial charge in [0.25, 0.3) is 0 Å². The van der Waals surface area contributed by atoms with Crippen LogP contribution in [0.3, 0.4) is 0 Å². The summed E-state index contributed by atoms with van der Waals surface area (Å²) in [5.41, 5.74) is 3.30. The second kappa shape index (κ2) is 8.66. The van der Waals surface area contributed by atoms with Crippen LogP contribution in [0.5, 0.6) is 0 Å². The van der Waals surface area contributed by atoms with E-state index < -0.39 is 0 Å². The van der Waals surface area contributed by atoms with Crippen LogP contribution in [0.15, 0.2) is 89.3 Å². The van der Waals surface area contributed by atoms with Gasteiger partial charge in [-0.1, -0.05) is 60.7 Å². The van der Waals surface area contributed by atoms with Crippen molar-refractivity contribution in [3.8, 4) is 0 Å². The van der Waals surface area contributed by atoms with E-state index in [1.54, 1.807) is 12.1 Å². The van der Waals surface area contributed by atoms with Crippen LogP contribution in [0.25, 0.3) is 11.0 Å². The second-order valence-electron chi connectivity index (χ2n) is 7.15. The number of anilines is 1. The van der Waals surface area contributed by atoms with Crippen molar-refractivity contribution in [1.29, 1.82) is 0 Å². The number of rotatable bonds is 6. The summed E-state index contributed by atoms with van der Waals surface area (Å²) in [6.45, 7) is 1.46. The summed E-state index contributed by atoms with van der Waals surface area (Å²) in [6.07, 6.45) is 0.226. The molecule has 4 aromatic rings. The van der Waals surface area contributed by atoms with Crippen molar-refractivity contribution in [1.82, 2.24) is 5.32 Å². The van der Waals surface area contributed by atoms with E-state index in [0.717, 1.165) is 22.1 Å². The smallest absolute Gasteiger partial charge is 0.225 e. The zero-order valence-electron chi connectivity index (χ0n) is 16.6. The number of benzene rings is 3. The number of amides is 2. The van der Waals surface area contributed by atoms with E-state index in [4.69, 9.17) is 4.42 Å². The third-order valence-electron chi connectivity index (χ3n) is 4.81. The molecule has 0 saturated heterocycles. The topological polar surface area (TPSA) is 71.3 Å². The Labute approximate surface area is 174 Å². The summed E-state index contributed by atoms with van der Waals surface area (Å²) in [7, 11) is 0. The fourth-order valence-electron chi connectivity index (χ4n) is 3.42. The van der Waals surface area contributed by atoms with Crippen molar-refractivity contribution in [3.63, 3.8) is 0 Å². The molecule has 1 heterocycles. The Hall–Kier alpha value is -3.86. The highest BCUT2D eigenvalue weighted by molar-refractivity contribution is 5.88. The Morgan fingerprint density at radius 1 is 0.900 bits per heavy atom. The first kappa shape index (κ1) is 19.5. The molecule has 0 aliphatic carbocycles. The minimum atomic E-state index is -0.384. The molecule has 2 amide bonds. The van der Waals surface area contributed by atoms with E-state index in [-0.39, 0.29) is 24.3 Å². The van der Waals surface area contributed by atoms with E-state index in [0.29, 0.717) is 11.4 Å². The minimum absolute atomic E-state index is 0.114. The maximum atomic E-state index is 12.8.